The molecule has 1 aliphatic heterocycles. The Bertz CT molecular complexity index is 1220. The van der Waals surface area contributed by atoms with Gasteiger partial charge in [-0.25, -0.2) is 13.4 Å². The van der Waals surface area contributed by atoms with Gasteiger partial charge < -0.3 is 10.2 Å². The Kier molecular flexibility index (Phi) is 6.37. The van der Waals surface area contributed by atoms with Crippen LogP contribution in [0.5, 0.6) is 0 Å². The van der Waals surface area contributed by atoms with Gasteiger partial charge in [0.1, 0.15) is 5.82 Å². The van der Waals surface area contributed by atoms with Crippen LogP contribution in [-0.4, -0.2) is 48.9 Å². The number of benzene rings is 2. The zero-order valence-electron chi connectivity index (χ0n) is 18.3. The van der Waals surface area contributed by atoms with E-state index >= 15 is 0 Å². The number of anilines is 3. The first-order chi connectivity index (χ1) is 15.2. The van der Waals surface area contributed by atoms with Crippen LogP contribution < -0.4 is 10.2 Å². The SMILES string of the molecule is Cc1ccc(Nc2cc(C)nc(N3CCN(S(=O)(=O)c4ccc(C)c(Cl)c4)CC3)n2)cc1. The van der Waals surface area contributed by atoms with Crippen LogP contribution in [0.15, 0.2) is 53.4 Å². The average molecular weight is 472 g/mol. The van der Waals surface area contributed by atoms with Gasteiger partial charge in [-0.3, -0.25) is 0 Å². The summed E-state index contributed by atoms with van der Waals surface area (Å²) in [5, 5.41) is 3.77. The third-order valence-electron chi connectivity index (χ3n) is 5.47. The zero-order valence-corrected chi connectivity index (χ0v) is 19.9. The highest BCUT2D eigenvalue weighted by Crippen LogP contribution is 2.25. The third kappa shape index (κ3) is 4.87. The third-order valence-corrected chi connectivity index (χ3v) is 7.77. The number of aryl methyl sites for hydroxylation is 3. The molecule has 4 rings (SSSR count). The Hall–Kier alpha value is -2.68. The Labute approximate surface area is 194 Å². The minimum absolute atomic E-state index is 0.220. The molecule has 1 N–H and O–H groups in total. The van der Waals surface area contributed by atoms with Crippen molar-refractivity contribution in [3.05, 3.63) is 70.4 Å². The second kappa shape index (κ2) is 9.05. The first-order valence-corrected chi connectivity index (χ1v) is 12.2. The number of nitrogens with one attached hydrogen (secondary N) is 1. The summed E-state index contributed by atoms with van der Waals surface area (Å²) in [6.07, 6.45) is 0. The molecule has 1 fully saturated rings. The molecule has 2 heterocycles. The summed E-state index contributed by atoms with van der Waals surface area (Å²) in [5.41, 5.74) is 3.83. The molecule has 1 aliphatic rings. The largest absolute Gasteiger partial charge is 0.340 e. The molecule has 168 valence electrons. The summed E-state index contributed by atoms with van der Waals surface area (Å²) in [6.45, 7) is 7.54. The van der Waals surface area contributed by atoms with Crippen molar-refractivity contribution in [3.63, 3.8) is 0 Å². The number of nitrogens with zero attached hydrogens (tertiary/aromatic N) is 4. The molecule has 0 amide bonds. The summed E-state index contributed by atoms with van der Waals surface area (Å²) < 4.78 is 27.6. The van der Waals surface area contributed by atoms with E-state index in [4.69, 9.17) is 11.6 Å². The average Bonchev–Trinajstić information content (AvgIpc) is 2.77. The molecule has 0 bridgehead atoms. The molecule has 0 spiro atoms. The smallest absolute Gasteiger partial charge is 0.243 e. The Morgan fingerprint density at radius 3 is 2.25 bits per heavy atom. The standard InChI is InChI=1S/C23H26ClN5O2S/c1-16-4-7-19(8-5-16)26-22-14-18(3)25-23(27-22)28-10-12-29(13-11-28)32(30,31)20-9-6-17(2)21(24)15-20/h4-9,14-15H,10-13H2,1-3H3,(H,25,26,27). The fourth-order valence-corrected chi connectivity index (χ4v) is 5.25. The first kappa shape index (κ1) is 22.5. The summed E-state index contributed by atoms with van der Waals surface area (Å²) in [5.74, 6) is 1.30. The molecule has 2 aromatic carbocycles. The minimum Gasteiger partial charge on any atom is -0.340 e. The van der Waals surface area contributed by atoms with Crippen LogP contribution in [0.25, 0.3) is 0 Å². The van der Waals surface area contributed by atoms with E-state index in [1.165, 1.54) is 15.9 Å². The first-order valence-electron chi connectivity index (χ1n) is 10.4. The van der Waals surface area contributed by atoms with Gasteiger partial charge in [0, 0.05) is 48.6 Å². The number of halogens is 1. The van der Waals surface area contributed by atoms with Crippen LogP contribution >= 0.6 is 11.6 Å². The van der Waals surface area contributed by atoms with Crippen LogP contribution in [0, 0.1) is 20.8 Å². The quantitative estimate of drug-likeness (QED) is 0.597. The minimum atomic E-state index is -3.60. The molecule has 0 unspecified atom stereocenters. The van der Waals surface area contributed by atoms with Gasteiger partial charge in [-0.15, -0.1) is 0 Å². The Morgan fingerprint density at radius 2 is 1.59 bits per heavy atom. The summed E-state index contributed by atoms with van der Waals surface area (Å²) in [4.78, 5) is 11.5. The van der Waals surface area contributed by atoms with Gasteiger partial charge in [0.25, 0.3) is 0 Å². The van der Waals surface area contributed by atoms with Gasteiger partial charge in [0.2, 0.25) is 16.0 Å². The maximum atomic E-state index is 13.0. The second-order valence-electron chi connectivity index (χ2n) is 7.99. The number of piperazine rings is 1. The Morgan fingerprint density at radius 1 is 0.906 bits per heavy atom. The highest BCUT2D eigenvalue weighted by molar-refractivity contribution is 7.89. The van der Waals surface area contributed by atoms with Crippen LogP contribution in [-0.2, 0) is 10.0 Å². The molecule has 9 heteroatoms. The highest BCUT2D eigenvalue weighted by Gasteiger charge is 2.29. The van der Waals surface area contributed by atoms with Gasteiger partial charge in [0.15, 0.2) is 0 Å². The van der Waals surface area contributed by atoms with Crippen molar-refractivity contribution in [2.45, 2.75) is 25.7 Å². The lowest BCUT2D eigenvalue weighted by Gasteiger charge is -2.34. The molecule has 7 nitrogen and oxygen atoms in total. The number of hydrogen-bond acceptors (Lipinski definition) is 6. The lowest BCUT2D eigenvalue weighted by Crippen LogP contribution is -2.49. The van der Waals surface area contributed by atoms with Gasteiger partial charge in [-0.1, -0.05) is 35.4 Å². The van der Waals surface area contributed by atoms with E-state index in [0.29, 0.717) is 43.0 Å². The topological polar surface area (TPSA) is 78.4 Å². The molecule has 0 aliphatic carbocycles. The van der Waals surface area contributed by atoms with E-state index in [-0.39, 0.29) is 4.90 Å². The molecule has 3 aromatic rings. The lowest BCUT2D eigenvalue weighted by molar-refractivity contribution is 0.382. The predicted molar refractivity (Wildman–Crippen MR) is 128 cm³/mol. The molecule has 1 aromatic heterocycles. The lowest BCUT2D eigenvalue weighted by atomic mass is 10.2. The van der Waals surface area contributed by atoms with E-state index in [0.717, 1.165) is 16.9 Å². The van der Waals surface area contributed by atoms with Gasteiger partial charge in [-0.05, 0) is 50.6 Å². The molecular weight excluding hydrogens is 446 g/mol. The maximum absolute atomic E-state index is 13.0. The monoisotopic (exact) mass is 471 g/mol. The van der Waals surface area contributed by atoms with E-state index in [1.807, 2.05) is 56.0 Å². The molecule has 0 radical (unpaired) electrons. The summed E-state index contributed by atoms with van der Waals surface area (Å²) in [6, 6.07) is 14.8. The predicted octanol–water partition coefficient (Wildman–Crippen LogP) is 4.31. The van der Waals surface area contributed by atoms with Gasteiger partial charge >= 0.3 is 0 Å². The fraction of sp³-hybridized carbons (Fsp3) is 0.304. The van der Waals surface area contributed by atoms with E-state index in [9.17, 15) is 8.42 Å². The van der Waals surface area contributed by atoms with Crippen molar-refractivity contribution in [2.24, 2.45) is 0 Å². The molecule has 32 heavy (non-hydrogen) atoms. The van der Waals surface area contributed by atoms with Crippen LogP contribution in [0.4, 0.5) is 17.5 Å². The van der Waals surface area contributed by atoms with E-state index in [1.54, 1.807) is 12.1 Å². The Balaban J connectivity index is 1.47. The molecule has 0 atom stereocenters. The molecule has 0 saturated carbocycles. The number of sulfonamides is 1. The van der Waals surface area contributed by atoms with Crippen molar-refractivity contribution in [2.75, 3.05) is 36.4 Å². The van der Waals surface area contributed by atoms with Crippen molar-refractivity contribution < 1.29 is 8.42 Å². The van der Waals surface area contributed by atoms with Gasteiger partial charge in [-0.2, -0.15) is 9.29 Å². The van der Waals surface area contributed by atoms with Crippen LogP contribution in [0.1, 0.15) is 16.8 Å². The normalized spacial score (nSPS) is 15.1. The van der Waals surface area contributed by atoms with E-state index < -0.39 is 10.0 Å². The van der Waals surface area contributed by atoms with Gasteiger partial charge in [0.05, 0.1) is 4.90 Å². The number of rotatable bonds is 5. The highest BCUT2D eigenvalue weighted by atomic mass is 35.5. The van der Waals surface area contributed by atoms with Crippen LogP contribution in [0.2, 0.25) is 5.02 Å². The number of aromatic nitrogens is 2. The summed E-state index contributed by atoms with van der Waals surface area (Å²) in [7, 11) is -3.60. The van der Waals surface area contributed by atoms with Crippen molar-refractivity contribution in [1.29, 1.82) is 0 Å². The van der Waals surface area contributed by atoms with Crippen molar-refractivity contribution >= 4 is 39.1 Å². The zero-order chi connectivity index (χ0) is 22.9. The number of hydrogen-bond donors (Lipinski definition) is 1. The second-order valence-corrected chi connectivity index (χ2v) is 10.3. The van der Waals surface area contributed by atoms with Crippen molar-refractivity contribution in [1.82, 2.24) is 14.3 Å². The summed E-state index contributed by atoms with van der Waals surface area (Å²) >= 11 is 6.14. The van der Waals surface area contributed by atoms with Crippen LogP contribution in [0.3, 0.4) is 0 Å². The fourth-order valence-electron chi connectivity index (χ4n) is 3.55. The van der Waals surface area contributed by atoms with Crippen molar-refractivity contribution in [3.8, 4) is 0 Å². The van der Waals surface area contributed by atoms with E-state index in [2.05, 4.69) is 15.3 Å². The molecular formula is C23H26ClN5O2S. The maximum Gasteiger partial charge on any atom is 0.243 e. The molecule has 1 saturated heterocycles.